The largest absolute Gasteiger partial charge is 0.484 e. The highest BCUT2D eigenvalue weighted by atomic mass is 32.1. The number of para-hydroxylation sites is 1. The normalized spacial score (nSPS) is 11.9. The summed E-state index contributed by atoms with van der Waals surface area (Å²) in [5.41, 5.74) is 1.90. The van der Waals surface area contributed by atoms with Crippen molar-refractivity contribution in [3.63, 3.8) is 0 Å². The second kappa shape index (κ2) is 6.52. The fourth-order valence-electron chi connectivity index (χ4n) is 1.80. The van der Waals surface area contributed by atoms with Gasteiger partial charge < -0.3 is 10.1 Å². The first kappa shape index (κ1) is 14.5. The molecule has 1 heterocycles. The third kappa shape index (κ3) is 3.81. The van der Waals surface area contributed by atoms with Crippen LogP contribution < -0.4 is 10.1 Å². The van der Waals surface area contributed by atoms with Crippen molar-refractivity contribution < 1.29 is 9.53 Å². The van der Waals surface area contributed by atoms with Crippen LogP contribution in [-0.4, -0.2) is 17.5 Å². The first-order chi connectivity index (χ1) is 9.56. The van der Waals surface area contributed by atoms with Crippen LogP contribution in [0.1, 0.15) is 29.2 Å². The number of rotatable bonds is 5. The van der Waals surface area contributed by atoms with Crippen LogP contribution in [0.3, 0.4) is 0 Å². The Morgan fingerprint density at radius 2 is 2.15 bits per heavy atom. The molecule has 1 atom stereocenters. The number of aryl methyl sites for hydroxylation is 2. The molecule has 1 N–H and O–H groups in total. The van der Waals surface area contributed by atoms with Gasteiger partial charge in [0.05, 0.1) is 16.7 Å². The lowest BCUT2D eigenvalue weighted by molar-refractivity contribution is -0.123. The molecule has 0 fully saturated rings. The molecule has 0 aliphatic rings. The summed E-state index contributed by atoms with van der Waals surface area (Å²) < 4.78 is 5.51. The maximum absolute atomic E-state index is 11.9. The summed E-state index contributed by atoms with van der Waals surface area (Å²) >= 11 is 1.58. The summed E-state index contributed by atoms with van der Waals surface area (Å²) in [6.45, 7) is 5.83. The van der Waals surface area contributed by atoms with Gasteiger partial charge in [0, 0.05) is 5.38 Å². The number of nitrogens with zero attached hydrogens (tertiary/aromatic N) is 1. The van der Waals surface area contributed by atoms with E-state index in [2.05, 4.69) is 10.3 Å². The van der Waals surface area contributed by atoms with Gasteiger partial charge in [0.2, 0.25) is 0 Å². The Morgan fingerprint density at radius 3 is 2.80 bits per heavy atom. The van der Waals surface area contributed by atoms with E-state index in [1.54, 1.807) is 11.3 Å². The minimum Gasteiger partial charge on any atom is -0.484 e. The van der Waals surface area contributed by atoms with Gasteiger partial charge >= 0.3 is 0 Å². The SMILES string of the molecule is Cc1nc(C(C)NC(=O)COc2ccccc2C)cs1. The first-order valence-electron chi connectivity index (χ1n) is 6.46. The van der Waals surface area contributed by atoms with Crippen molar-refractivity contribution in [1.82, 2.24) is 10.3 Å². The van der Waals surface area contributed by atoms with Crippen molar-refractivity contribution >= 4 is 17.2 Å². The van der Waals surface area contributed by atoms with Gasteiger partial charge in [-0.15, -0.1) is 11.3 Å². The number of carbonyl (C=O) groups is 1. The lowest BCUT2D eigenvalue weighted by atomic mass is 10.2. The van der Waals surface area contributed by atoms with Gasteiger partial charge in [-0.2, -0.15) is 0 Å². The molecule has 0 aliphatic carbocycles. The van der Waals surface area contributed by atoms with Crippen molar-refractivity contribution in [3.05, 3.63) is 45.9 Å². The van der Waals surface area contributed by atoms with Crippen LogP contribution in [0.25, 0.3) is 0 Å². The lowest BCUT2D eigenvalue weighted by Gasteiger charge is -2.13. The van der Waals surface area contributed by atoms with Crippen LogP contribution in [0.2, 0.25) is 0 Å². The summed E-state index contributed by atoms with van der Waals surface area (Å²) in [5, 5.41) is 5.84. The molecule has 0 bridgehead atoms. The Bertz CT molecular complexity index is 595. The maximum atomic E-state index is 11.9. The minimum absolute atomic E-state index is 0.0122. The number of amides is 1. The number of hydrogen-bond acceptors (Lipinski definition) is 4. The van der Waals surface area contributed by atoms with Gasteiger partial charge in [0.15, 0.2) is 6.61 Å². The summed E-state index contributed by atoms with van der Waals surface area (Å²) in [6.07, 6.45) is 0. The third-order valence-corrected chi connectivity index (χ3v) is 3.70. The van der Waals surface area contributed by atoms with E-state index < -0.39 is 0 Å². The van der Waals surface area contributed by atoms with Crippen LogP contribution in [0.15, 0.2) is 29.6 Å². The average molecular weight is 290 g/mol. The van der Waals surface area contributed by atoms with Gasteiger partial charge in [0.25, 0.3) is 5.91 Å². The number of aromatic nitrogens is 1. The van der Waals surface area contributed by atoms with Gasteiger partial charge in [0.1, 0.15) is 5.75 Å². The molecule has 1 aromatic heterocycles. The van der Waals surface area contributed by atoms with Gasteiger partial charge in [-0.25, -0.2) is 4.98 Å². The molecule has 0 aliphatic heterocycles. The molecule has 0 spiro atoms. The zero-order valence-corrected chi connectivity index (χ0v) is 12.7. The van der Waals surface area contributed by atoms with Crippen molar-refractivity contribution in [2.45, 2.75) is 26.8 Å². The predicted molar refractivity (Wildman–Crippen MR) is 80.1 cm³/mol. The quantitative estimate of drug-likeness (QED) is 0.921. The molecule has 1 unspecified atom stereocenters. The highest BCUT2D eigenvalue weighted by molar-refractivity contribution is 7.09. The third-order valence-electron chi connectivity index (χ3n) is 2.91. The molecular formula is C15H18N2O2S. The molecule has 0 saturated carbocycles. The highest BCUT2D eigenvalue weighted by Crippen LogP contribution is 2.17. The second-order valence-corrected chi connectivity index (χ2v) is 5.70. The molecule has 106 valence electrons. The maximum Gasteiger partial charge on any atom is 0.258 e. The van der Waals surface area contributed by atoms with Gasteiger partial charge in [-0.05, 0) is 32.4 Å². The van der Waals surface area contributed by atoms with E-state index in [0.29, 0.717) is 0 Å². The predicted octanol–water partition coefficient (Wildman–Crippen LogP) is 3.02. The molecule has 1 aromatic carbocycles. The van der Waals surface area contributed by atoms with E-state index in [9.17, 15) is 4.79 Å². The van der Waals surface area contributed by atoms with Crippen LogP contribution in [0, 0.1) is 13.8 Å². The first-order valence-corrected chi connectivity index (χ1v) is 7.34. The van der Waals surface area contributed by atoms with Crippen LogP contribution in [0.4, 0.5) is 0 Å². The van der Waals surface area contributed by atoms with Crippen LogP contribution >= 0.6 is 11.3 Å². The van der Waals surface area contributed by atoms with Crippen LogP contribution in [-0.2, 0) is 4.79 Å². The Hall–Kier alpha value is -1.88. The summed E-state index contributed by atoms with van der Waals surface area (Å²) in [7, 11) is 0. The molecular weight excluding hydrogens is 272 g/mol. The number of nitrogens with one attached hydrogen (secondary N) is 1. The van der Waals surface area contributed by atoms with E-state index in [4.69, 9.17) is 4.74 Å². The molecule has 5 heteroatoms. The minimum atomic E-state index is -0.147. The van der Waals surface area contributed by atoms with Gasteiger partial charge in [-0.3, -0.25) is 4.79 Å². The van der Waals surface area contributed by atoms with Crippen LogP contribution in [0.5, 0.6) is 5.75 Å². The lowest BCUT2D eigenvalue weighted by Crippen LogP contribution is -2.31. The van der Waals surface area contributed by atoms with E-state index in [0.717, 1.165) is 22.0 Å². The Balaban J connectivity index is 1.85. The van der Waals surface area contributed by atoms with E-state index in [-0.39, 0.29) is 18.6 Å². The Morgan fingerprint density at radius 1 is 1.40 bits per heavy atom. The molecule has 0 saturated heterocycles. The second-order valence-electron chi connectivity index (χ2n) is 4.63. The smallest absolute Gasteiger partial charge is 0.258 e. The average Bonchev–Trinajstić information content (AvgIpc) is 2.84. The number of benzene rings is 1. The highest BCUT2D eigenvalue weighted by Gasteiger charge is 2.12. The van der Waals surface area contributed by atoms with Crippen molar-refractivity contribution in [3.8, 4) is 5.75 Å². The molecule has 0 radical (unpaired) electrons. The summed E-state index contributed by atoms with van der Waals surface area (Å²) in [6, 6.07) is 7.53. The van der Waals surface area contributed by atoms with E-state index >= 15 is 0 Å². The number of hydrogen-bond donors (Lipinski definition) is 1. The van der Waals surface area contributed by atoms with Crippen molar-refractivity contribution in [1.29, 1.82) is 0 Å². The molecule has 20 heavy (non-hydrogen) atoms. The van der Waals surface area contributed by atoms with Gasteiger partial charge in [-0.1, -0.05) is 18.2 Å². The molecule has 2 rings (SSSR count). The zero-order valence-electron chi connectivity index (χ0n) is 11.8. The monoisotopic (exact) mass is 290 g/mol. The topological polar surface area (TPSA) is 51.2 Å². The Labute approximate surface area is 122 Å². The van der Waals surface area contributed by atoms with E-state index in [1.165, 1.54) is 0 Å². The summed E-state index contributed by atoms with van der Waals surface area (Å²) in [5.74, 6) is 0.589. The number of carbonyl (C=O) groups excluding carboxylic acids is 1. The molecule has 4 nitrogen and oxygen atoms in total. The van der Waals surface area contributed by atoms with Crippen molar-refractivity contribution in [2.75, 3.05) is 6.61 Å². The fourth-order valence-corrected chi connectivity index (χ4v) is 2.50. The molecule has 1 amide bonds. The van der Waals surface area contributed by atoms with Crippen molar-refractivity contribution in [2.24, 2.45) is 0 Å². The summed E-state index contributed by atoms with van der Waals surface area (Å²) in [4.78, 5) is 16.2. The van der Waals surface area contributed by atoms with E-state index in [1.807, 2.05) is 50.4 Å². The fraction of sp³-hybridized carbons (Fsp3) is 0.333. The zero-order chi connectivity index (χ0) is 14.5. The Kier molecular flexibility index (Phi) is 4.74. The molecule has 2 aromatic rings. The standard InChI is InChI=1S/C15H18N2O2S/c1-10-6-4-5-7-14(10)19-8-15(18)16-11(2)13-9-20-12(3)17-13/h4-7,9,11H,8H2,1-3H3,(H,16,18). The number of ether oxygens (including phenoxy) is 1. The number of thiazole rings is 1.